The van der Waals surface area contributed by atoms with Crippen LogP contribution in [0.15, 0.2) is 101 Å². The molecule has 160 valence electrons. The molecule has 0 aromatic heterocycles. The minimum Gasteiger partial charge on any atom is -0.200 e. The van der Waals surface area contributed by atoms with Gasteiger partial charge >= 0.3 is 15.6 Å². The molecule has 3 aromatic rings. The van der Waals surface area contributed by atoms with E-state index in [1.54, 1.807) is 72.8 Å². The third-order valence-corrected chi connectivity index (χ3v) is 10.4. The number of hydrogen-bond acceptors (Lipinski definition) is 3. The Kier molecular flexibility index (Phi) is 7.10. The molecule has 0 amide bonds. The molecule has 0 fully saturated rings. The molecule has 0 aliphatic rings. The fourth-order valence-electron chi connectivity index (χ4n) is 2.58. The molecule has 0 saturated carbocycles. The summed E-state index contributed by atoms with van der Waals surface area (Å²) in [5.41, 5.74) is -5.58. The molecule has 0 atom stereocenters. The van der Waals surface area contributed by atoms with Gasteiger partial charge in [0.2, 0.25) is 0 Å². The zero-order valence-corrected chi connectivity index (χ0v) is 21.1. The van der Waals surface area contributed by atoms with Crippen molar-refractivity contribution in [3.05, 3.63) is 86.2 Å². The zero-order valence-electron chi connectivity index (χ0n) is 14.7. The van der Waals surface area contributed by atoms with Crippen LogP contribution in [-0.4, -0.2) is 13.9 Å². The summed E-state index contributed by atoms with van der Waals surface area (Å²) in [4.78, 5) is 0.884. The van der Waals surface area contributed by atoms with Crippen LogP contribution in [0.1, 0.15) is 0 Å². The Morgan fingerprint density at radius 2 is 0.867 bits per heavy atom. The second-order valence-corrected chi connectivity index (χ2v) is 13.1. The summed E-state index contributed by atoms with van der Waals surface area (Å²) in [5, 5.41) is 0. The third-order valence-electron chi connectivity index (χ3n) is 3.91. The molecule has 0 heterocycles. The highest BCUT2D eigenvalue weighted by Crippen LogP contribution is 2.70. The Bertz CT molecular complexity index is 1020. The molecule has 0 spiro atoms. The lowest BCUT2D eigenvalue weighted by Gasteiger charge is -2.39. The van der Waals surface area contributed by atoms with Crippen LogP contribution in [0.5, 0.6) is 0 Å². The highest BCUT2D eigenvalue weighted by atomic mass is 79.9. The summed E-state index contributed by atoms with van der Waals surface area (Å²) in [7, 11) is -9.22. The van der Waals surface area contributed by atoms with Crippen molar-refractivity contribution >= 4 is 68.2 Å². The van der Waals surface area contributed by atoms with Crippen molar-refractivity contribution in [2.24, 2.45) is 0 Å². The Morgan fingerprint density at radius 1 is 0.600 bits per heavy atom. The highest BCUT2D eigenvalue weighted by Gasteiger charge is 2.52. The van der Waals surface area contributed by atoms with Crippen molar-refractivity contribution in [2.45, 2.75) is 20.2 Å². The van der Waals surface area contributed by atoms with E-state index in [1.165, 1.54) is 0 Å². The zero-order chi connectivity index (χ0) is 22.2. The topological polar surface area (TPSA) is 43.4 Å². The molecule has 30 heavy (non-hydrogen) atoms. The van der Waals surface area contributed by atoms with Crippen molar-refractivity contribution in [3.8, 4) is 0 Å². The predicted molar refractivity (Wildman–Crippen MR) is 121 cm³/mol. The van der Waals surface area contributed by atoms with Crippen molar-refractivity contribution < 1.29 is 25.2 Å². The summed E-state index contributed by atoms with van der Waals surface area (Å²) >= 11 is 9.88. The van der Waals surface area contributed by atoms with E-state index in [4.69, 9.17) is 3.63 Å². The molecule has 0 N–H and O–H groups in total. The average Bonchev–Trinajstić information content (AvgIpc) is 2.67. The molecule has 0 saturated heterocycles. The standard InChI is InChI=1S/C19H12Br3F3O3S2/c20-13-1-7-16(8-2-13)29(17-9-3-14(21)4-10-17,18-11-5-15(22)6-12-18)28-30(26,27)19(23,24)25/h1-12H. The Labute approximate surface area is 198 Å². The Morgan fingerprint density at radius 3 is 1.10 bits per heavy atom. The number of rotatable bonds is 5. The number of hydrogen-bond donors (Lipinski definition) is 0. The predicted octanol–water partition coefficient (Wildman–Crippen LogP) is 8.04. The second-order valence-electron chi connectivity index (χ2n) is 5.89. The summed E-state index contributed by atoms with van der Waals surface area (Å²) in [5.74, 6) is 0. The van der Waals surface area contributed by atoms with Gasteiger partial charge in [0.05, 0.1) is 0 Å². The molecular weight excluding hydrogens is 637 g/mol. The van der Waals surface area contributed by atoms with E-state index in [1.807, 2.05) is 0 Å². The van der Waals surface area contributed by atoms with Gasteiger partial charge in [0.15, 0.2) is 0 Å². The maximum atomic E-state index is 13.4. The van der Waals surface area contributed by atoms with Crippen molar-refractivity contribution in [3.63, 3.8) is 0 Å². The van der Waals surface area contributed by atoms with Gasteiger partial charge < -0.3 is 0 Å². The van der Waals surface area contributed by atoms with Crippen LogP contribution in [0, 0.1) is 0 Å². The first kappa shape index (κ1) is 23.8. The van der Waals surface area contributed by atoms with Gasteiger partial charge in [0, 0.05) is 28.1 Å². The molecular formula is C19H12Br3F3O3S2. The SMILES string of the molecule is O=S(=O)(OS(c1ccc(Br)cc1)(c1ccc(Br)cc1)c1ccc(Br)cc1)C(F)(F)F. The monoisotopic (exact) mass is 646 g/mol. The summed E-state index contributed by atoms with van der Waals surface area (Å²) in [6, 6.07) is 19.0. The summed E-state index contributed by atoms with van der Waals surface area (Å²) < 4.78 is 71.8. The van der Waals surface area contributed by atoms with E-state index in [0.717, 1.165) is 0 Å². The first-order valence-corrected chi connectivity index (χ1v) is 13.4. The van der Waals surface area contributed by atoms with E-state index in [9.17, 15) is 21.6 Å². The molecule has 0 bridgehead atoms. The normalized spacial score (nSPS) is 13.3. The van der Waals surface area contributed by atoms with Crippen molar-refractivity contribution in [1.82, 2.24) is 0 Å². The molecule has 3 nitrogen and oxygen atoms in total. The Balaban J connectivity index is 2.40. The minimum absolute atomic E-state index is 0.295. The van der Waals surface area contributed by atoms with Crippen LogP contribution in [-0.2, 0) is 13.7 Å². The van der Waals surface area contributed by atoms with Crippen molar-refractivity contribution in [1.29, 1.82) is 0 Å². The molecule has 0 aliphatic heterocycles. The van der Waals surface area contributed by atoms with Gasteiger partial charge in [-0.05, 0) is 83.1 Å². The van der Waals surface area contributed by atoms with E-state index in [-0.39, 0.29) is 0 Å². The van der Waals surface area contributed by atoms with Gasteiger partial charge in [-0.2, -0.15) is 25.2 Å². The number of halogens is 6. The number of alkyl halides is 3. The largest absolute Gasteiger partial charge is 0.524 e. The lowest BCUT2D eigenvalue weighted by molar-refractivity contribution is -0.0496. The van der Waals surface area contributed by atoms with Crippen LogP contribution in [0.25, 0.3) is 0 Å². The average molecular weight is 649 g/mol. The maximum Gasteiger partial charge on any atom is 0.524 e. The first-order chi connectivity index (χ1) is 14.0. The second kappa shape index (κ2) is 8.95. The van der Waals surface area contributed by atoms with Gasteiger partial charge in [-0.1, -0.05) is 47.8 Å². The van der Waals surface area contributed by atoms with Crippen molar-refractivity contribution in [2.75, 3.05) is 0 Å². The number of benzene rings is 3. The minimum atomic E-state index is -5.93. The van der Waals surface area contributed by atoms with Crippen LogP contribution in [0.4, 0.5) is 13.2 Å². The van der Waals surface area contributed by atoms with E-state index >= 15 is 0 Å². The quantitative estimate of drug-likeness (QED) is 0.263. The lowest BCUT2D eigenvalue weighted by atomic mass is 10.4. The van der Waals surface area contributed by atoms with E-state index in [0.29, 0.717) is 28.1 Å². The molecule has 0 aliphatic carbocycles. The third kappa shape index (κ3) is 4.81. The molecule has 0 radical (unpaired) electrons. The van der Waals surface area contributed by atoms with Gasteiger partial charge in [-0.15, -0.1) is 0 Å². The van der Waals surface area contributed by atoms with Crippen LogP contribution in [0.2, 0.25) is 0 Å². The molecule has 0 unspecified atom stereocenters. The fraction of sp³-hybridized carbons (Fsp3) is 0.0526. The summed E-state index contributed by atoms with van der Waals surface area (Å²) in [6.07, 6.45) is 0. The van der Waals surface area contributed by atoms with E-state index in [2.05, 4.69) is 47.8 Å². The fourth-order valence-corrected chi connectivity index (χ4v) is 8.07. The van der Waals surface area contributed by atoms with Crippen LogP contribution in [0.3, 0.4) is 0 Å². The lowest BCUT2D eigenvalue weighted by Crippen LogP contribution is -2.27. The Hall–Kier alpha value is -0.850. The first-order valence-electron chi connectivity index (χ1n) is 8.08. The molecule has 11 heteroatoms. The van der Waals surface area contributed by atoms with Gasteiger partial charge in [0.1, 0.15) is 0 Å². The maximum absolute atomic E-state index is 13.4. The smallest absolute Gasteiger partial charge is 0.200 e. The van der Waals surface area contributed by atoms with Gasteiger partial charge in [0.25, 0.3) is 0 Å². The molecule has 3 aromatic carbocycles. The highest BCUT2D eigenvalue weighted by molar-refractivity contribution is 9.11. The van der Waals surface area contributed by atoms with Crippen LogP contribution >= 0.6 is 58.1 Å². The molecule has 3 rings (SSSR count). The summed E-state index contributed by atoms with van der Waals surface area (Å²) in [6.45, 7) is 0. The van der Waals surface area contributed by atoms with Gasteiger partial charge in [-0.3, -0.25) is 0 Å². The van der Waals surface area contributed by atoms with Crippen LogP contribution < -0.4 is 0 Å². The van der Waals surface area contributed by atoms with Gasteiger partial charge in [-0.25, -0.2) is 0 Å². The van der Waals surface area contributed by atoms with E-state index < -0.39 is 25.9 Å².